The predicted octanol–water partition coefficient (Wildman–Crippen LogP) is 3.23. The molecule has 0 aliphatic rings. The molecule has 0 aliphatic carbocycles. The fourth-order valence-corrected chi connectivity index (χ4v) is 1.79. The van der Waals surface area contributed by atoms with Gasteiger partial charge in [0.2, 0.25) is 0 Å². The lowest BCUT2D eigenvalue weighted by atomic mass is 9.86. The van der Waals surface area contributed by atoms with E-state index in [-0.39, 0.29) is 5.82 Å². The standard InChI is InChI=1S/C14H17FO/c1-3-5-6-10-14(16,4-2)12-8-7-9-13(15)11-12/h1,7-9,11,16H,4-6,10H2,2H3. The van der Waals surface area contributed by atoms with Crippen LogP contribution in [-0.2, 0) is 5.60 Å². The van der Waals surface area contributed by atoms with Crippen LogP contribution in [0.15, 0.2) is 24.3 Å². The quantitative estimate of drug-likeness (QED) is 0.596. The minimum atomic E-state index is -0.959. The molecule has 1 aromatic carbocycles. The molecular formula is C14H17FO. The first-order valence-corrected chi connectivity index (χ1v) is 5.54. The Kier molecular flexibility index (Phi) is 4.52. The smallest absolute Gasteiger partial charge is 0.123 e. The minimum Gasteiger partial charge on any atom is -0.385 e. The van der Waals surface area contributed by atoms with Gasteiger partial charge in [0.05, 0.1) is 5.60 Å². The molecule has 1 atom stereocenters. The highest BCUT2D eigenvalue weighted by Gasteiger charge is 2.26. The third-order valence-electron chi connectivity index (χ3n) is 2.86. The van der Waals surface area contributed by atoms with Crippen LogP contribution in [-0.4, -0.2) is 5.11 Å². The molecule has 0 radical (unpaired) electrons. The van der Waals surface area contributed by atoms with Crippen molar-refractivity contribution < 1.29 is 9.50 Å². The maximum absolute atomic E-state index is 13.1. The van der Waals surface area contributed by atoms with Crippen molar-refractivity contribution in [2.45, 2.75) is 38.2 Å². The number of hydrogen-bond acceptors (Lipinski definition) is 1. The summed E-state index contributed by atoms with van der Waals surface area (Å²) in [6, 6.07) is 6.13. The van der Waals surface area contributed by atoms with Crippen LogP contribution in [0.5, 0.6) is 0 Å². The topological polar surface area (TPSA) is 20.2 Å². The zero-order valence-corrected chi connectivity index (χ0v) is 9.54. The van der Waals surface area contributed by atoms with Crippen LogP contribution in [0, 0.1) is 18.2 Å². The Bertz CT molecular complexity index is 381. The van der Waals surface area contributed by atoms with E-state index in [1.54, 1.807) is 12.1 Å². The summed E-state index contributed by atoms with van der Waals surface area (Å²) in [6.07, 6.45) is 7.68. The number of unbranched alkanes of at least 4 members (excludes halogenated alkanes) is 1. The molecule has 1 N–H and O–H groups in total. The first-order valence-electron chi connectivity index (χ1n) is 5.54. The van der Waals surface area contributed by atoms with Crippen LogP contribution >= 0.6 is 0 Å². The van der Waals surface area contributed by atoms with Gasteiger partial charge in [-0.1, -0.05) is 19.1 Å². The third-order valence-corrected chi connectivity index (χ3v) is 2.86. The Hall–Kier alpha value is -1.33. The van der Waals surface area contributed by atoms with E-state index in [1.807, 2.05) is 6.92 Å². The van der Waals surface area contributed by atoms with Gasteiger partial charge in [-0.15, -0.1) is 12.3 Å². The van der Waals surface area contributed by atoms with E-state index in [1.165, 1.54) is 12.1 Å². The summed E-state index contributed by atoms with van der Waals surface area (Å²) in [5.74, 6) is 2.22. The van der Waals surface area contributed by atoms with Crippen LogP contribution in [0.4, 0.5) is 4.39 Å². The molecule has 0 fully saturated rings. The SMILES string of the molecule is C#CCCCC(O)(CC)c1cccc(F)c1. The molecule has 0 bridgehead atoms. The van der Waals surface area contributed by atoms with Crippen LogP contribution in [0.25, 0.3) is 0 Å². The number of terminal acetylenes is 1. The summed E-state index contributed by atoms with van der Waals surface area (Å²) in [5.41, 5.74) is -0.328. The first-order chi connectivity index (χ1) is 7.62. The fraction of sp³-hybridized carbons (Fsp3) is 0.429. The third kappa shape index (κ3) is 3.08. The lowest BCUT2D eigenvalue weighted by Gasteiger charge is -2.27. The fourth-order valence-electron chi connectivity index (χ4n) is 1.79. The second-order valence-corrected chi connectivity index (χ2v) is 3.95. The Labute approximate surface area is 96.3 Å². The average Bonchev–Trinajstić information content (AvgIpc) is 2.29. The van der Waals surface area contributed by atoms with Crippen molar-refractivity contribution >= 4 is 0 Å². The predicted molar refractivity (Wildman–Crippen MR) is 63.3 cm³/mol. The normalized spacial score (nSPS) is 14.1. The minimum absolute atomic E-state index is 0.318. The lowest BCUT2D eigenvalue weighted by molar-refractivity contribution is 0.0214. The zero-order valence-electron chi connectivity index (χ0n) is 9.54. The molecule has 0 amide bonds. The van der Waals surface area contributed by atoms with Crippen molar-refractivity contribution in [3.8, 4) is 12.3 Å². The maximum Gasteiger partial charge on any atom is 0.123 e. The highest BCUT2D eigenvalue weighted by molar-refractivity contribution is 5.23. The monoisotopic (exact) mass is 220 g/mol. The van der Waals surface area contributed by atoms with Gasteiger partial charge in [0, 0.05) is 6.42 Å². The number of benzene rings is 1. The van der Waals surface area contributed by atoms with Crippen LogP contribution in [0.1, 0.15) is 38.2 Å². The van der Waals surface area contributed by atoms with Gasteiger partial charge in [0.25, 0.3) is 0 Å². The highest BCUT2D eigenvalue weighted by atomic mass is 19.1. The van der Waals surface area contributed by atoms with Crippen molar-refractivity contribution in [1.82, 2.24) is 0 Å². The van der Waals surface area contributed by atoms with Gasteiger partial charge in [0.15, 0.2) is 0 Å². The van der Waals surface area contributed by atoms with Crippen molar-refractivity contribution in [3.63, 3.8) is 0 Å². The maximum atomic E-state index is 13.1. The number of halogens is 1. The van der Waals surface area contributed by atoms with Crippen LogP contribution in [0.2, 0.25) is 0 Å². The molecule has 2 heteroatoms. The van der Waals surface area contributed by atoms with Gasteiger partial charge >= 0.3 is 0 Å². The second-order valence-electron chi connectivity index (χ2n) is 3.95. The molecule has 0 aromatic heterocycles. The van der Waals surface area contributed by atoms with E-state index < -0.39 is 5.60 Å². The van der Waals surface area contributed by atoms with Gasteiger partial charge in [-0.2, -0.15) is 0 Å². The van der Waals surface area contributed by atoms with E-state index >= 15 is 0 Å². The number of hydrogen-bond donors (Lipinski definition) is 1. The summed E-state index contributed by atoms with van der Waals surface area (Å²) < 4.78 is 13.1. The summed E-state index contributed by atoms with van der Waals surface area (Å²) in [5, 5.41) is 10.4. The highest BCUT2D eigenvalue weighted by Crippen LogP contribution is 2.30. The molecule has 86 valence electrons. The molecule has 0 saturated carbocycles. The molecule has 0 aliphatic heterocycles. The van der Waals surface area contributed by atoms with E-state index in [4.69, 9.17) is 6.42 Å². The van der Waals surface area contributed by atoms with E-state index in [0.29, 0.717) is 24.8 Å². The Balaban J connectivity index is 2.83. The molecule has 1 unspecified atom stereocenters. The van der Waals surface area contributed by atoms with Gasteiger partial charge in [-0.05, 0) is 37.0 Å². The van der Waals surface area contributed by atoms with Gasteiger partial charge in [-0.25, -0.2) is 4.39 Å². The lowest BCUT2D eigenvalue weighted by Crippen LogP contribution is -2.24. The zero-order chi connectivity index (χ0) is 12.0. The number of rotatable bonds is 5. The average molecular weight is 220 g/mol. The summed E-state index contributed by atoms with van der Waals surface area (Å²) in [7, 11) is 0. The Morgan fingerprint density at radius 1 is 1.50 bits per heavy atom. The molecule has 0 heterocycles. The molecule has 0 spiro atoms. The van der Waals surface area contributed by atoms with Crippen molar-refractivity contribution in [2.24, 2.45) is 0 Å². The van der Waals surface area contributed by atoms with Gasteiger partial charge < -0.3 is 5.11 Å². The summed E-state index contributed by atoms with van der Waals surface area (Å²) in [6.45, 7) is 1.89. The molecule has 1 nitrogen and oxygen atoms in total. The van der Waals surface area contributed by atoms with Crippen molar-refractivity contribution in [2.75, 3.05) is 0 Å². The summed E-state index contributed by atoms with van der Waals surface area (Å²) in [4.78, 5) is 0. The molecule has 16 heavy (non-hydrogen) atoms. The molecule has 1 rings (SSSR count). The molecule has 1 aromatic rings. The second kappa shape index (κ2) is 5.67. The van der Waals surface area contributed by atoms with E-state index in [0.717, 1.165) is 6.42 Å². The van der Waals surface area contributed by atoms with Crippen LogP contribution < -0.4 is 0 Å². The van der Waals surface area contributed by atoms with E-state index in [2.05, 4.69) is 5.92 Å². The van der Waals surface area contributed by atoms with Gasteiger partial charge in [-0.3, -0.25) is 0 Å². The Morgan fingerprint density at radius 2 is 2.25 bits per heavy atom. The Morgan fingerprint density at radius 3 is 2.81 bits per heavy atom. The molecular weight excluding hydrogens is 203 g/mol. The first kappa shape index (κ1) is 12.7. The van der Waals surface area contributed by atoms with Crippen molar-refractivity contribution in [3.05, 3.63) is 35.6 Å². The molecule has 0 saturated heterocycles. The number of aliphatic hydroxyl groups is 1. The van der Waals surface area contributed by atoms with Crippen molar-refractivity contribution in [1.29, 1.82) is 0 Å². The van der Waals surface area contributed by atoms with Crippen LogP contribution in [0.3, 0.4) is 0 Å². The van der Waals surface area contributed by atoms with E-state index in [9.17, 15) is 9.50 Å². The largest absolute Gasteiger partial charge is 0.385 e. The summed E-state index contributed by atoms with van der Waals surface area (Å²) >= 11 is 0. The van der Waals surface area contributed by atoms with Gasteiger partial charge in [0.1, 0.15) is 5.82 Å².